The van der Waals surface area contributed by atoms with Gasteiger partial charge >= 0.3 is 0 Å². The third kappa shape index (κ3) is 3.69. The van der Waals surface area contributed by atoms with Crippen LogP contribution in [0.4, 0.5) is 10.1 Å². The van der Waals surface area contributed by atoms with Crippen LogP contribution < -0.4 is 5.32 Å². The lowest BCUT2D eigenvalue weighted by molar-refractivity contribution is 0.102. The fraction of sp³-hybridized carbons (Fsp3) is 0.278. The quantitative estimate of drug-likeness (QED) is 0.852. The molecular weight excluding hydrogens is 265 g/mol. The molecule has 0 atom stereocenters. The maximum absolute atomic E-state index is 13.7. The van der Waals surface area contributed by atoms with Gasteiger partial charge < -0.3 is 5.32 Å². The molecule has 3 heteroatoms. The van der Waals surface area contributed by atoms with E-state index >= 15 is 0 Å². The first-order valence-electron chi connectivity index (χ1n) is 6.95. The van der Waals surface area contributed by atoms with E-state index < -0.39 is 11.7 Å². The summed E-state index contributed by atoms with van der Waals surface area (Å²) in [5, 5.41) is 2.73. The summed E-state index contributed by atoms with van der Waals surface area (Å²) in [6.07, 6.45) is 0. The molecule has 21 heavy (non-hydrogen) atoms. The molecule has 0 heterocycles. The zero-order valence-corrected chi connectivity index (χ0v) is 12.8. The van der Waals surface area contributed by atoms with Crippen LogP contribution in [0.25, 0.3) is 0 Å². The molecule has 2 nitrogen and oxygen atoms in total. The summed E-state index contributed by atoms with van der Waals surface area (Å²) in [6, 6.07) is 12.1. The summed E-state index contributed by atoms with van der Waals surface area (Å²) < 4.78 is 13.7. The Hall–Kier alpha value is -2.16. The number of nitrogens with one attached hydrogen (secondary N) is 1. The van der Waals surface area contributed by atoms with Gasteiger partial charge in [-0.3, -0.25) is 4.79 Å². The molecule has 0 bridgehead atoms. The van der Waals surface area contributed by atoms with E-state index in [1.54, 1.807) is 12.1 Å². The molecule has 0 spiro atoms. The number of hydrogen-bond acceptors (Lipinski definition) is 1. The molecule has 0 saturated heterocycles. The third-order valence-corrected chi connectivity index (χ3v) is 3.38. The summed E-state index contributed by atoms with van der Waals surface area (Å²) in [5.41, 5.74) is 2.82. The van der Waals surface area contributed by atoms with E-state index in [9.17, 15) is 9.18 Å². The molecule has 2 rings (SSSR count). The number of rotatable bonds is 2. The number of benzene rings is 2. The predicted octanol–water partition coefficient (Wildman–Crippen LogP) is 4.68. The van der Waals surface area contributed by atoms with Crippen molar-refractivity contribution in [3.63, 3.8) is 0 Å². The monoisotopic (exact) mass is 285 g/mol. The van der Waals surface area contributed by atoms with E-state index in [-0.39, 0.29) is 11.0 Å². The minimum absolute atomic E-state index is 0.0607. The number of carbonyl (C=O) groups excluding carboxylic acids is 1. The first kappa shape index (κ1) is 15.2. The zero-order valence-electron chi connectivity index (χ0n) is 12.8. The van der Waals surface area contributed by atoms with E-state index in [2.05, 4.69) is 26.1 Å². The average Bonchev–Trinajstić information content (AvgIpc) is 2.41. The molecule has 0 aliphatic heterocycles. The van der Waals surface area contributed by atoms with Crippen LogP contribution in [-0.2, 0) is 5.41 Å². The molecule has 0 aliphatic carbocycles. The second kappa shape index (κ2) is 5.68. The van der Waals surface area contributed by atoms with Crippen molar-refractivity contribution < 1.29 is 9.18 Å². The molecule has 1 amide bonds. The van der Waals surface area contributed by atoms with Crippen molar-refractivity contribution in [2.24, 2.45) is 0 Å². The Morgan fingerprint density at radius 1 is 1.05 bits per heavy atom. The van der Waals surface area contributed by atoms with Crippen LogP contribution in [0.3, 0.4) is 0 Å². The van der Waals surface area contributed by atoms with Crippen LogP contribution in [0, 0.1) is 12.7 Å². The Balaban J connectivity index is 2.18. The van der Waals surface area contributed by atoms with E-state index in [0.29, 0.717) is 5.69 Å². The molecule has 2 aromatic carbocycles. The summed E-state index contributed by atoms with van der Waals surface area (Å²) in [7, 11) is 0. The van der Waals surface area contributed by atoms with Crippen molar-refractivity contribution in [2.75, 3.05) is 5.32 Å². The lowest BCUT2D eigenvalue weighted by atomic mass is 9.87. The third-order valence-electron chi connectivity index (χ3n) is 3.38. The second-order valence-electron chi connectivity index (χ2n) is 6.26. The van der Waals surface area contributed by atoms with Gasteiger partial charge in [0.2, 0.25) is 0 Å². The van der Waals surface area contributed by atoms with Crippen LogP contribution in [0.1, 0.15) is 42.3 Å². The number of halogens is 1. The molecule has 0 fully saturated rings. The normalized spacial score (nSPS) is 11.3. The second-order valence-corrected chi connectivity index (χ2v) is 6.26. The van der Waals surface area contributed by atoms with Crippen LogP contribution in [0.5, 0.6) is 0 Å². The maximum Gasteiger partial charge on any atom is 0.258 e. The lowest BCUT2D eigenvalue weighted by Crippen LogP contribution is -2.15. The number of carbonyl (C=O) groups is 1. The molecule has 0 saturated carbocycles. The standard InChI is InChI=1S/C18H20FNO/c1-12-5-10-16(19)15(11-12)17(21)20-14-8-6-13(7-9-14)18(2,3)4/h5-11H,1-4H3,(H,20,21). The highest BCUT2D eigenvalue weighted by atomic mass is 19.1. The van der Waals surface area contributed by atoms with Crippen molar-refractivity contribution in [1.82, 2.24) is 0 Å². The molecule has 0 unspecified atom stereocenters. The minimum atomic E-state index is -0.510. The van der Waals surface area contributed by atoms with Crippen LogP contribution >= 0.6 is 0 Å². The van der Waals surface area contributed by atoms with E-state index in [1.807, 2.05) is 31.2 Å². The Morgan fingerprint density at radius 2 is 1.67 bits per heavy atom. The van der Waals surface area contributed by atoms with Gasteiger partial charge in [0.1, 0.15) is 5.82 Å². The number of hydrogen-bond donors (Lipinski definition) is 1. The lowest BCUT2D eigenvalue weighted by Gasteiger charge is -2.19. The van der Waals surface area contributed by atoms with Gasteiger partial charge in [-0.2, -0.15) is 0 Å². The Bertz CT molecular complexity index is 654. The maximum atomic E-state index is 13.7. The average molecular weight is 285 g/mol. The van der Waals surface area contributed by atoms with Gasteiger partial charge in [-0.05, 0) is 42.2 Å². The van der Waals surface area contributed by atoms with E-state index in [4.69, 9.17) is 0 Å². The van der Waals surface area contributed by atoms with Crippen molar-refractivity contribution in [1.29, 1.82) is 0 Å². The number of anilines is 1. The molecule has 0 radical (unpaired) electrons. The molecule has 0 aromatic heterocycles. The summed E-state index contributed by atoms with van der Waals surface area (Å²) in [5.74, 6) is -0.941. The topological polar surface area (TPSA) is 29.1 Å². The first-order chi connectivity index (χ1) is 9.77. The van der Waals surface area contributed by atoms with Gasteiger partial charge in [-0.25, -0.2) is 4.39 Å². The van der Waals surface area contributed by atoms with Crippen LogP contribution in [-0.4, -0.2) is 5.91 Å². The first-order valence-corrected chi connectivity index (χ1v) is 6.95. The number of aryl methyl sites for hydroxylation is 1. The smallest absolute Gasteiger partial charge is 0.258 e. The number of amides is 1. The van der Waals surface area contributed by atoms with Crippen LogP contribution in [0.2, 0.25) is 0 Å². The molecule has 1 N–H and O–H groups in total. The SMILES string of the molecule is Cc1ccc(F)c(C(=O)Nc2ccc(C(C)(C)C)cc2)c1. The van der Waals surface area contributed by atoms with Crippen molar-refractivity contribution in [3.8, 4) is 0 Å². The molecule has 0 aliphatic rings. The van der Waals surface area contributed by atoms with Crippen molar-refractivity contribution in [3.05, 3.63) is 65.0 Å². The van der Waals surface area contributed by atoms with Gasteiger partial charge in [0, 0.05) is 5.69 Å². The Morgan fingerprint density at radius 3 is 2.24 bits per heavy atom. The summed E-state index contributed by atoms with van der Waals surface area (Å²) in [6.45, 7) is 8.21. The van der Waals surface area contributed by atoms with Gasteiger partial charge in [0.05, 0.1) is 5.56 Å². The zero-order chi connectivity index (χ0) is 15.6. The fourth-order valence-electron chi connectivity index (χ4n) is 2.07. The highest BCUT2D eigenvalue weighted by molar-refractivity contribution is 6.04. The largest absolute Gasteiger partial charge is 0.322 e. The Kier molecular flexibility index (Phi) is 4.12. The summed E-state index contributed by atoms with van der Waals surface area (Å²) in [4.78, 5) is 12.1. The van der Waals surface area contributed by atoms with Gasteiger partial charge in [-0.1, -0.05) is 44.5 Å². The van der Waals surface area contributed by atoms with Crippen molar-refractivity contribution in [2.45, 2.75) is 33.1 Å². The molecular formula is C18H20FNO. The van der Waals surface area contributed by atoms with E-state index in [1.165, 1.54) is 11.6 Å². The molecule has 110 valence electrons. The van der Waals surface area contributed by atoms with Gasteiger partial charge in [0.25, 0.3) is 5.91 Å². The van der Waals surface area contributed by atoms with Gasteiger partial charge in [-0.15, -0.1) is 0 Å². The Labute approximate surface area is 125 Å². The van der Waals surface area contributed by atoms with Crippen molar-refractivity contribution >= 4 is 11.6 Å². The van der Waals surface area contributed by atoms with Gasteiger partial charge in [0.15, 0.2) is 0 Å². The van der Waals surface area contributed by atoms with Crippen LogP contribution in [0.15, 0.2) is 42.5 Å². The van der Waals surface area contributed by atoms with E-state index in [0.717, 1.165) is 5.56 Å². The minimum Gasteiger partial charge on any atom is -0.322 e. The predicted molar refractivity (Wildman–Crippen MR) is 84.2 cm³/mol. The fourth-order valence-corrected chi connectivity index (χ4v) is 2.07. The molecule has 2 aromatic rings. The highest BCUT2D eigenvalue weighted by Crippen LogP contribution is 2.23. The highest BCUT2D eigenvalue weighted by Gasteiger charge is 2.15. The summed E-state index contributed by atoms with van der Waals surface area (Å²) >= 11 is 0.